The van der Waals surface area contributed by atoms with Gasteiger partial charge in [0, 0.05) is 6.42 Å². The Balaban J connectivity index is 2.82. The summed E-state index contributed by atoms with van der Waals surface area (Å²) in [7, 11) is 0. The highest BCUT2D eigenvalue weighted by atomic mass is 32.2. The quantitative estimate of drug-likeness (QED) is 0.778. The molecule has 0 bridgehead atoms. The third kappa shape index (κ3) is 3.16. The van der Waals surface area contributed by atoms with E-state index in [0.29, 0.717) is 17.3 Å². The number of hydrogen-bond donors (Lipinski definition) is 1. The van der Waals surface area contributed by atoms with Gasteiger partial charge in [-0.15, -0.1) is 5.10 Å². The summed E-state index contributed by atoms with van der Waals surface area (Å²) < 4.78 is 0. The zero-order valence-corrected chi connectivity index (χ0v) is 9.71. The van der Waals surface area contributed by atoms with Crippen LogP contribution in [0.3, 0.4) is 0 Å². The zero-order chi connectivity index (χ0) is 11.4. The Kier molecular flexibility index (Phi) is 4.02. The third-order valence-electron chi connectivity index (χ3n) is 2.04. The van der Waals surface area contributed by atoms with Crippen molar-refractivity contribution in [2.75, 3.05) is 6.26 Å². The van der Waals surface area contributed by atoms with E-state index in [1.807, 2.05) is 13.2 Å². The minimum atomic E-state index is -0.829. The van der Waals surface area contributed by atoms with Gasteiger partial charge in [-0.25, -0.2) is 4.98 Å². The zero-order valence-electron chi connectivity index (χ0n) is 8.89. The lowest BCUT2D eigenvalue weighted by molar-refractivity contribution is -0.141. The van der Waals surface area contributed by atoms with Crippen LogP contribution in [0.5, 0.6) is 0 Å². The van der Waals surface area contributed by atoms with E-state index >= 15 is 0 Å². The Labute approximate surface area is 92.3 Å². The smallest absolute Gasteiger partial charge is 0.306 e. The van der Waals surface area contributed by atoms with Gasteiger partial charge in [-0.1, -0.05) is 18.7 Å². The Hall–Kier alpha value is -1.17. The van der Waals surface area contributed by atoms with Crippen molar-refractivity contribution < 1.29 is 9.90 Å². The van der Waals surface area contributed by atoms with Crippen molar-refractivity contribution in [3.63, 3.8) is 0 Å². The molecule has 1 aromatic heterocycles. The molecule has 0 aliphatic rings. The summed E-state index contributed by atoms with van der Waals surface area (Å²) in [5, 5.41) is 17.2. The van der Waals surface area contributed by atoms with Crippen molar-refractivity contribution in [3.05, 3.63) is 11.4 Å². The molecule has 0 saturated carbocycles. The van der Waals surface area contributed by atoms with Gasteiger partial charge in [0.25, 0.3) is 0 Å². The molecule has 0 saturated heterocycles. The molecule has 1 atom stereocenters. The molecule has 0 aliphatic heterocycles. The lowest BCUT2D eigenvalue weighted by Gasteiger charge is -2.07. The number of rotatable bonds is 4. The summed E-state index contributed by atoms with van der Waals surface area (Å²) in [6.07, 6.45) is 2.24. The fourth-order valence-electron chi connectivity index (χ4n) is 1.06. The van der Waals surface area contributed by atoms with Gasteiger partial charge >= 0.3 is 5.97 Å². The van der Waals surface area contributed by atoms with E-state index in [1.54, 1.807) is 6.92 Å². The van der Waals surface area contributed by atoms with E-state index in [1.165, 1.54) is 11.8 Å². The summed E-state index contributed by atoms with van der Waals surface area (Å²) in [5.74, 6) is -1.29. The molecule has 15 heavy (non-hydrogen) atoms. The molecule has 0 spiro atoms. The van der Waals surface area contributed by atoms with Crippen LogP contribution in [0.1, 0.15) is 18.3 Å². The van der Waals surface area contributed by atoms with Crippen LogP contribution in [0.25, 0.3) is 0 Å². The predicted octanol–water partition coefficient (Wildman–Crippen LogP) is 1.17. The van der Waals surface area contributed by atoms with Crippen LogP contribution in [-0.4, -0.2) is 32.5 Å². The Morgan fingerprint density at radius 3 is 2.67 bits per heavy atom. The molecule has 1 N–H and O–H groups in total. The summed E-state index contributed by atoms with van der Waals surface area (Å²) >= 11 is 1.42. The first kappa shape index (κ1) is 11.9. The molecule has 0 fully saturated rings. The molecule has 0 radical (unpaired) electrons. The second-order valence-electron chi connectivity index (χ2n) is 3.27. The summed E-state index contributed by atoms with van der Waals surface area (Å²) in [4.78, 5) is 14.9. The van der Waals surface area contributed by atoms with Gasteiger partial charge in [-0.2, -0.15) is 5.10 Å². The maximum atomic E-state index is 10.7. The first-order chi connectivity index (χ1) is 7.04. The minimum Gasteiger partial charge on any atom is -0.481 e. The molecule has 1 unspecified atom stereocenters. The van der Waals surface area contributed by atoms with Crippen LogP contribution in [0.15, 0.2) is 5.16 Å². The standard InChI is InChI=1S/C9H13N3O2S/c1-5(8(13)14)4-7-6(2)10-9(15-3)12-11-7/h5H,4H2,1-3H3,(H,13,14). The molecular formula is C9H13N3O2S. The summed E-state index contributed by atoms with van der Waals surface area (Å²) in [6, 6.07) is 0. The maximum Gasteiger partial charge on any atom is 0.306 e. The summed E-state index contributed by atoms with van der Waals surface area (Å²) in [6.45, 7) is 3.46. The fourth-order valence-corrected chi connectivity index (χ4v) is 1.41. The molecule has 0 aromatic carbocycles. The van der Waals surface area contributed by atoms with Crippen LogP contribution >= 0.6 is 11.8 Å². The van der Waals surface area contributed by atoms with Gasteiger partial charge in [-0.3, -0.25) is 4.79 Å². The molecule has 0 amide bonds. The highest BCUT2D eigenvalue weighted by molar-refractivity contribution is 7.98. The molecular weight excluding hydrogens is 214 g/mol. The van der Waals surface area contributed by atoms with Gasteiger partial charge in [0.1, 0.15) is 0 Å². The van der Waals surface area contributed by atoms with Gasteiger partial charge in [-0.05, 0) is 13.2 Å². The summed E-state index contributed by atoms with van der Waals surface area (Å²) in [5.41, 5.74) is 1.41. The largest absolute Gasteiger partial charge is 0.481 e. The number of hydrogen-bond acceptors (Lipinski definition) is 5. The lowest BCUT2D eigenvalue weighted by Crippen LogP contribution is -2.15. The maximum absolute atomic E-state index is 10.7. The van der Waals surface area contributed by atoms with Crippen molar-refractivity contribution >= 4 is 17.7 Å². The third-order valence-corrected chi connectivity index (χ3v) is 2.58. The van der Waals surface area contributed by atoms with Crippen molar-refractivity contribution in [3.8, 4) is 0 Å². The number of thioether (sulfide) groups is 1. The monoisotopic (exact) mass is 227 g/mol. The van der Waals surface area contributed by atoms with E-state index in [-0.39, 0.29) is 0 Å². The van der Waals surface area contributed by atoms with Crippen LogP contribution in [0.4, 0.5) is 0 Å². The SMILES string of the molecule is CSc1nnc(CC(C)C(=O)O)c(C)n1. The Morgan fingerprint density at radius 1 is 1.53 bits per heavy atom. The Morgan fingerprint density at radius 2 is 2.20 bits per heavy atom. The van der Waals surface area contributed by atoms with E-state index < -0.39 is 11.9 Å². The molecule has 6 heteroatoms. The highest BCUT2D eigenvalue weighted by Crippen LogP contribution is 2.12. The Bertz CT molecular complexity index is 370. The second-order valence-corrected chi connectivity index (χ2v) is 4.05. The number of carboxylic acids is 1. The van der Waals surface area contributed by atoms with Crippen molar-refractivity contribution in [1.29, 1.82) is 0 Å². The second kappa shape index (κ2) is 5.06. The van der Waals surface area contributed by atoms with Crippen LogP contribution in [-0.2, 0) is 11.2 Å². The van der Waals surface area contributed by atoms with Crippen LogP contribution in [0, 0.1) is 12.8 Å². The fraction of sp³-hybridized carbons (Fsp3) is 0.556. The number of aryl methyl sites for hydroxylation is 1. The molecule has 1 heterocycles. The van der Waals surface area contributed by atoms with Crippen molar-refractivity contribution in [1.82, 2.24) is 15.2 Å². The first-order valence-corrected chi connectivity index (χ1v) is 5.74. The minimum absolute atomic E-state index is 0.371. The molecule has 1 rings (SSSR count). The average molecular weight is 227 g/mol. The number of carbonyl (C=O) groups is 1. The topological polar surface area (TPSA) is 76.0 Å². The van der Waals surface area contributed by atoms with Gasteiger partial charge in [0.2, 0.25) is 5.16 Å². The lowest BCUT2D eigenvalue weighted by atomic mass is 10.1. The van der Waals surface area contributed by atoms with E-state index in [4.69, 9.17) is 5.11 Å². The van der Waals surface area contributed by atoms with Gasteiger partial charge in [0.15, 0.2) is 0 Å². The molecule has 5 nitrogen and oxygen atoms in total. The molecule has 1 aromatic rings. The number of aliphatic carboxylic acids is 1. The van der Waals surface area contributed by atoms with Crippen LogP contribution in [0.2, 0.25) is 0 Å². The van der Waals surface area contributed by atoms with Crippen molar-refractivity contribution in [2.45, 2.75) is 25.4 Å². The number of carboxylic acid groups (broad SMARTS) is 1. The van der Waals surface area contributed by atoms with E-state index in [0.717, 1.165) is 5.69 Å². The molecule has 0 aliphatic carbocycles. The van der Waals surface area contributed by atoms with E-state index in [9.17, 15) is 4.79 Å². The highest BCUT2D eigenvalue weighted by Gasteiger charge is 2.15. The average Bonchev–Trinajstić information content (AvgIpc) is 2.20. The predicted molar refractivity (Wildman–Crippen MR) is 56.8 cm³/mol. The normalized spacial score (nSPS) is 12.5. The van der Waals surface area contributed by atoms with Crippen molar-refractivity contribution in [2.24, 2.45) is 5.92 Å². The number of nitrogens with zero attached hydrogens (tertiary/aromatic N) is 3. The van der Waals surface area contributed by atoms with Gasteiger partial charge < -0.3 is 5.11 Å². The molecule has 82 valence electrons. The first-order valence-electron chi connectivity index (χ1n) is 4.51. The van der Waals surface area contributed by atoms with Crippen LogP contribution < -0.4 is 0 Å². The van der Waals surface area contributed by atoms with Gasteiger partial charge in [0.05, 0.1) is 17.3 Å². The number of aromatic nitrogens is 3. The van der Waals surface area contributed by atoms with E-state index in [2.05, 4.69) is 15.2 Å².